The van der Waals surface area contributed by atoms with E-state index >= 15 is 0 Å². The number of ether oxygens (including phenoxy) is 1. The number of thiophene rings is 1. The molecular weight excluding hydrogens is 416 g/mol. The number of fused-ring (bicyclic) bond motifs is 1. The van der Waals surface area contributed by atoms with Crippen molar-refractivity contribution in [2.75, 3.05) is 5.32 Å². The number of hydrogen-bond donors (Lipinski definition) is 2. The second-order valence-electron chi connectivity index (χ2n) is 7.22. The van der Waals surface area contributed by atoms with E-state index in [0.29, 0.717) is 16.3 Å². The van der Waals surface area contributed by atoms with Crippen molar-refractivity contribution in [2.45, 2.75) is 39.2 Å². The summed E-state index contributed by atoms with van der Waals surface area (Å²) in [7, 11) is 0. The predicted octanol–water partition coefficient (Wildman–Crippen LogP) is 4.33. The smallest absolute Gasteiger partial charge is 0.308 e. The van der Waals surface area contributed by atoms with Crippen LogP contribution in [0.5, 0.6) is 5.75 Å². The molecule has 1 aliphatic carbocycles. The van der Waals surface area contributed by atoms with Crippen molar-refractivity contribution >= 4 is 34.1 Å². The lowest BCUT2D eigenvalue weighted by atomic mass is 9.95. The molecule has 0 unspecified atom stereocenters. The van der Waals surface area contributed by atoms with Gasteiger partial charge in [-0.2, -0.15) is 0 Å². The number of amides is 2. The van der Waals surface area contributed by atoms with Gasteiger partial charge in [0.1, 0.15) is 16.5 Å². The molecule has 3 aromatic rings. The zero-order valence-electron chi connectivity index (χ0n) is 17.0. The fourth-order valence-corrected chi connectivity index (χ4v) is 4.91. The van der Waals surface area contributed by atoms with E-state index in [4.69, 9.17) is 9.15 Å². The summed E-state index contributed by atoms with van der Waals surface area (Å²) in [5.41, 5.74) is 1.73. The van der Waals surface area contributed by atoms with Crippen LogP contribution in [0.3, 0.4) is 0 Å². The molecular formula is C23H22N2O5S. The van der Waals surface area contributed by atoms with Gasteiger partial charge in [-0.05, 0) is 55.5 Å². The Hall–Kier alpha value is -3.39. The predicted molar refractivity (Wildman–Crippen MR) is 117 cm³/mol. The Morgan fingerprint density at radius 1 is 1.06 bits per heavy atom. The standard InChI is InChI=1S/C23H22N2O5S/c1-14(26)30-18-10-4-2-8-16(18)21(27)25-23-20(17-9-3-5-11-19(17)31-23)22(28)24-13-15-7-6-12-29-15/h2,4,6-8,10,12H,3,5,9,11,13H2,1H3,(H,24,28)(H,25,27). The first kappa shape index (κ1) is 20.9. The largest absolute Gasteiger partial charge is 0.467 e. The zero-order chi connectivity index (χ0) is 21.8. The summed E-state index contributed by atoms with van der Waals surface area (Å²) in [6, 6.07) is 10.1. The zero-order valence-corrected chi connectivity index (χ0v) is 17.8. The Labute approximate surface area is 183 Å². The summed E-state index contributed by atoms with van der Waals surface area (Å²) in [5.74, 6) is -0.365. The summed E-state index contributed by atoms with van der Waals surface area (Å²) >= 11 is 1.43. The monoisotopic (exact) mass is 438 g/mol. The normalized spacial score (nSPS) is 12.7. The molecule has 0 bridgehead atoms. The molecule has 160 valence electrons. The SMILES string of the molecule is CC(=O)Oc1ccccc1C(=O)Nc1sc2c(c1C(=O)NCc1ccco1)CCCC2. The van der Waals surface area contributed by atoms with Crippen LogP contribution in [-0.4, -0.2) is 17.8 Å². The maximum atomic E-state index is 13.1. The van der Waals surface area contributed by atoms with Gasteiger partial charge < -0.3 is 19.8 Å². The Bertz CT molecular complexity index is 1120. The van der Waals surface area contributed by atoms with Crippen molar-refractivity contribution in [1.82, 2.24) is 5.32 Å². The van der Waals surface area contributed by atoms with Gasteiger partial charge in [-0.15, -0.1) is 11.3 Å². The highest BCUT2D eigenvalue weighted by Crippen LogP contribution is 2.38. The third-order valence-electron chi connectivity index (χ3n) is 5.01. The first-order chi connectivity index (χ1) is 15.0. The number of para-hydroxylation sites is 1. The summed E-state index contributed by atoms with van der Waals surface area (Å²) < 4.78 is 10.4. The quantitative estimate of drug-likeness (QED) is 0.441. The van der Waals surface area contributed by atoms with E-state index in [-0.39, 0.29) is 23.8 Å². The van der Waals surface area contributed by atoms with E-state index in [1.165, 1.54) is 18.3 Å². The van der Waals surface area contributed by atoms with Crippen molar-refractivity contribution in [3.63, 3.8) is 0 Å². The highest BCUT2D eigenvalue weighted by molar-refractivity contribution is 7.17. The van der Waals surface area contributed by atoms with Gasteiger partial charge in [0, 0.05) is 11.8 Å². The number of benzene rings is 1. The van der Waals surface area contributed by atoms with E-state index in [0.717, 1.165) is 36.1 Å². The first-order valence-electron chi connectivity index (χ1n) is 10.1. The lowest BCUT2D eigenvalue weighted by molar-refractivity contribution is -0.131. The molecule has 4 rings (SSSR count). The molecule has 1 aliphatic rings. The number of carbonyl (C=O) groups excluding carboxylic acids is 3. The van der Waals surface area contributed by atoms with Crippen LogP contribution in [-0.2, 0) is 24.2 Å². The molecule has 0 fully saturated rings. The summed E-state index contributed by atoms with van der Waals surface area (Å²) in [5, 5.41) is 6.26. The van der Waals surface area contributed by atoms with Crippen molar-refractivity contribution in [3.05, 3.63) is 70.0 Å². The van der Waals surface area contributed by atoms with Gasteiger partial charge in [-0.3, -0.25) is 14.4 Å². The minimum absolute atomic E-state index is 0.178. The molecule has 0 saturated carbocycles. The van der Waals surface area contributed by atoms with E-state index in [1.807, 2.05) is 0 Å². The Morgan fingerprint density at radius 3 is 2.65 bits per heavy atom. The van der Waals surface area contributed by atoms with Gasteiger partial charge in [0.25, 0.3) is 11.8 Å². The average molecular weight is 439 g/mol. The Kier molecular flexibility index (Phi) is 6.18. The van der Waals surface area contributed by atoms with Gasteiger partial charge in [0.15, 0.2) is 0 Å². The molecule has 31 heavy (non-hydrogen) atoms. The van der Waals surface area contributed by atoms with Crippen molar-refractivity contribution in [2.24, 2.45) is 0 Å². The van der Waals surface area contributed by atoms with Crippen LogP contribution < -0.4 is 15.4 Å². The molecule has 7 nitrogen and oxygen atoms in total. The molecule has 2 amide bonds. The summed E-state index contributed by atoms with van der Waals surface area (Å²) in [6.07, 6.45) is 5.31. The van der Waals surface area contributed by atoms with Crippen molar-refractivity contribution in [1.29, 1.82) is 0 Å². The van der Waals surface area contributed by atoms with E-state index in [1.54, 1.807) is 42.7 Å². The van der Waals surface area contributed by atoms with E-state index in [9.17, 15) is 14.4 Å². The van der Waals surface area contributed by atoms with E-state index < -0.39 is 11.9 Å². The van der Waals surface area contributed by atoms with Crippen LogP contribution in [0.4, 0.5) is 5.00 Å². The molecule has 2 heterocycles. The number of nitrogens with one attached hydrogen (secondary N) is 2. The van der Waals surface area contributed by atoms with Gasteiger partial charge >= 0.3 is 5.97 Å². The van der Waals surface area contributed by atoms with Crippen LogP contribution >= 0.6 is 11.3 Å². The second-order valence-corrected chi connectivity index (χ2v) is 8.33. The minimum Gasteiger partial charge on any atom is -0.467 e. The fraction of sp³-hybridized carbons (Fsp3) is 0.261. The molecule has 0 spiro atoms. The fourth-order valence-electron chi connectivity index (χ4n) is 3.63. The molecule has 0 atom stereocenters. The van der Waals surface area contributed by atoms with Crippen LogP contribution in [0.15, 0.2) is 47.1 Å². The van der Waals surface area contributed by atoms with Crippen LogP contribution in [0.1, 0.15) is 56.7 Å². The number of furan rings is 1. The van der Waals surface area contributed by atoms with Gasteiger partial charge in [-0.1, -0.05) is 12.1 Å². The third kappa shape index (κ3) is 4.69. The van der Waals surface area contributed by atoms with Crippen molar-refractivity contribution in [3.8, 4) is 5.75 Å². The molecule has 0 aliphatic heterocycles. The molecule has 0 radical (unpaired) electrons. The lowest BCUT2D eigenvalue weighted by Crippen LogP contribution is -2.25. The van der Waals surface area contributed by atoms with Crippen LogP contribution in [0.25, 0.3) is 0 Å². The molecule has 2 aromatic heterocycles. The summed E-state index contributed by atoms with van der Waals surface area (Å²) in [6.45, 7) is 1.54. The molecule has 2 N–H and O–H groups in total. The third-order valence-corrected chi connectivity index (χ3v) is 6.22. The van der Waals surface area contributed by atoms with Gasteiger partial charge in [-0.25, -0.2) is 0 Å². The number of hydrogen-bond acceptors (Lipinski definition) is 6. The summed E-state index contributed by atoms with van der Waals surface area (Å²) in [4.78, 5) is 38.6. The van der Waals surface area contributed by atoms with Crippen LogP contribution in [0, 0.1) is 0 Å². The second kappa shape index (κ2) is 9.18. The van der Waals surface area contributed by atoms with Gasteiger partial charge in [0.05, 0.1) is 23.9 Å². The van der Waals surface area contributed by atoms with Gasteiger partial charge in [0.2, 0.25) is 0 Å². The number of anilines is 1. The topological polar surface area (TPSA) is 97.6 Å². The van der Waals surface area contributed by atoms with E-state index in [2.05, 4.69) is 10.6 Å². The number of carbonyl (C=O) groups is 3. The molecule has 0 saturated heterocycles. The first-order valence-corrected chi connectivity index (χ1v) is 10.9. The highest BCUT2D eigenvalue weighted by Gasteiger charge is 2.27. The highest BCUT2D eigenvalue weighted by atomic mass is 32.1. The van der Waals surface area contributed by atoms with Crippen molar-refractivity contribution < 1.29 is 23.5 Å². The number of esters is 1. The maximum Gasteiger partial charge on any atom is 0.308 e. The average Bonchev–Trinajstić information content (AvgIpc) is 3.39. The lowest BCUT2D eigenvalue weighted by Gasteiger charge is -2.13. The Morgan fingerprint density at radius 2 is 1.87 bits per heavy atom. The van der Waals surface area contributed by atoms with Crippen LogP contribution in [0.2, 0.25) is 0 Å². The number of rotatable bonds is 6. The minimum atomic E-state index is -0.509. The molecule has 8 heteroatoms. The molecule has 1 aromatic carbocycles. The maximum absolute atomic E-state index is 13.1. The Balaban J connectivity index is 1.61. The number of aryl methyl sites for hydroxylation is 1.